The monoisotopic (exact) mass is 272 g/mol. The van der Waals surface area contributed by atoms with E-state index >= 15 is 0 Å². The predicted octanol–water partition coefficient (Wildman–Crippen LogP) is 3.68. The Balaban J connectivity index is 1.74. The largest absolute Gasteiger partial charge is 0.468 e. The molecule has 3 heteroatoms. The summed E-state index contributed by atoms with van der Waals surface area (Å²) < 4.78 is 10.9. The van der Waals surface area contributed by atoms with Crippen LogP contribution in [0.2, 0.25) is 0 Å². The highest BCUT2D eigenvalue weighted by Gasteiger charge is 2.04. The predicted molar refractivity (Wildman–Crippen MR) is 78.4 cm³/mol. The van der Waals surface area contributed by atoms with Crippen molar-refractivity contribution < 1.29 is 14.6 Å². The van der Waals surface area contributed by atoms with Crippen LogP contribution in [0.15, 0.2) is 54.6 Å². The summed E-state index contributed by atoms with van der Waals surface area (Å²) in [5.41, 5.74) is 2.03. The lowest BCUT2D eigenvalue weighted by atomic mass is 10.1. The molecular formula is C17H20O3. The smallest absolute Gasteiger partial charge is 0.189 e. The molecule has 2 rings (SSSR count). The van der Waals surface area contributed by atoms with Crippen LogP contribution in [0, 0.1) is 0 Å². The highest BCUT2D eigenvalue weighted by atomic mass is 16.7. The maximum Gasteiger partial charge on any atom is 0.189 e. The van der Waals surface area contributed by atoms with E-state index in [-0.39, 0.29) is 6.79 Å². The molecule has 3 nitrogen and oxygen atoms in total. The summed E-state index contributed by atoms with van der Waals surface area (Å²) in [5, 5.41) is 9.69. The zero-order valence-corrected chi connectivity index (χ0v) is 11.7. The van der Waals surface area contributed by atoms with Gasteiger partial charge in [-0.2, -0.15) is 0 Å². The Morgan fingerprint density at radius 3 is 2.35 bits per heavy atom. The highest BCUT2D eigenvalue weighted by molar-refractivity contribution is 5.28. The molecule has 0 unspecified atom stereocenters. The van der Waals surface area contributed by atoms with Crippen molar-refractivity contribution in [1.29, 1.82) is 0 Å². The van der Waals surface area contributed by atoms with E-state index in [0.29, 0.717) is 13.0 Å². The van der Waals surface area contributed by atoms with Crippen molar-refractivity contribution in [3.05, 3.63) is 65.7 Å². The molecule has 0 fully saturated rings. The molecule has 0 spiro atoms. The molecule has 0 bridgehead atoms. The molecule has 1 atom stereocenters. The number of aliphatic hydroxyl groups is 1. The maximum atomic E-state index is 9.69. The van der Waals surface area contributed by atoms with Gasteiger partial charge in [0.15, 0.2) is 6.79 Å². The fourth-order valence-electron chi connectivity index (χ4n) is 1.87. The third-order valence-electron chi connectivity index (χ3n) is 3.07. The van der Waals surface area contributed by atoms with Crippen molar-refractivity contribution in [3.63, 3.8) is 0 Å². The van der Waals surface area contributed by atoms with Gasteiger partial charge >= 0.3 is 0 Å². The van der Waals surface area contributed by atoms with Crippen LogP contribution in [0.3, 0.4) is 0 Å². The zero-order chi connectivity index (χ0) is 14.2. The summed E-state index contributed by atoms with van der Waals surface area (Å²) in [6, 6.07) is 17.4. The summed E-state index contributed by atoms with van der Waals surface area (Å²) >= 11 is 0. The fourth-order valence-corrected chi connectivity index (χ4v) is 1.87. The minimum Gasteiger partial charge on any atom is -0.468 e. The van der Waals surface area contributed by atoms with Gasteiger partial charge < -0.3 is 14.6 Å². The summed E-state index contributed by atoms with van der Waals surface area (Å²) in [6.45, 7) is 2.70. The van der Waals surface area contributed by atoms with E-state index in [1.807, 2.05) is 61.5 Å². The summed E-state index contributed by atoms with van der Waals surface area (Å²) in [7, 11) is 0. The number of hydrogen-bond acceptors (Lipinski definition) is 3. The molecule has 0 aromatic heterocycles. The van der Waals surface area contributed by atoms with Crippen molar-refractivity contribution in [3.8, 4) is 5.75 Å². The Morgan fingerprint density at radius 1 is 1.00 bits per heavy atom. The molecule has 106 valence electrons. The quantitative estimate of drug-likeness (QED) is 0.617. The first-order valence-corrected chi connectivity index (χ1v) is 6.82. The van der Waals surface area contributed by atoms with E-state index in [2.05, 4.69) is 0 Å². The van der Waals surface area contributed by atoms with Crippen LogP contribution in [0.4, 0.5) is 0 Å². The minimum atomic E-state index is -0.404. The number of rotatable bonds is 7. The Bertz CT molecular complexity index is 493. The first-order chi connectivity index (χ1) is 9.79. The minimum absolute atomic E-state index is 0.213. The van der Waals surface area contributed by atoms with Crippen molar-refractivity contribution >= 4 is 0 Å². The summed E-state index contributed by atoms with van der Waals surface area (Å²) in [5.74, 6) is 0.741. The second kappa shape index (κ2) is 7.68. The lowest BCUT2D eigenvalue weighted by Gasteiger charge is -2.10. The molecule has 0 amide bonds. The van der Waals surface area contributed by atoms with Crippen LogP contribution in [0.5, 0.6) is 5.75 Å². The van der Waals surface area contributed by atoms with Crippen LogP contribution in [-0.4, -0.2) is 11.9 Å². The number of benzene rings is 2. The topological polar surface area (TPSA) is 38.7 Å². The molecular weight excluding hydrogens is 252 g/mol. The Labute approximate surface area is 119 Å². The van der Waals surface area contributed by atoms with Gasteiger partial charge in [-0.25, -0.2) is 0 Å². The van der Waals surface area contributed by atoms with Gasteiger partial charge in [0, 0.05) is 0 Å². The van der Waals surface area contributed by atoms with Gasteiger partial charge in [-0.1, -0.05) is 49.4 Å². The molecule has 0 saturated carbocycles. The van der Waals surface area contributed by atoms with E-state index in [9.17, 15) is 5.11 Å². The molecule has 0 aliphatic rings. The lowest BCUT2D eigenvalue weighted by molar-refractivity contribution is 0.00502. The Morgan fingerprint density at radius 2 is 1.70 bits per heavy atom. The van der Waals surface area contributed by atoms with Crippen molar-refractivity contribution in [2.75, 3.05) is 6.79 Å². The molecule has 2 aromatic rings. The average molecular weight is 272 g/mol. The average Bonchev–Trinajstić information content (AvgIpc) is 2.52. The second-order valence-corrected chi connectivity index (χ2v) is 4.59. The molecule has 1 N–H and O–H groups in total. The number of aliphatic hydroxyl groups excluding tert-OH is 1. The van der Waals surface area contributed by atoms with E-state index in [0.717, 1.165) is 16.9 Å². The van der Waals surface area contributed by atoms with Crippen LogP contribution in [0.1, 0.15) is 30.6 Å². The van der Waals surface area contributed by atoms with Crippen molar-refractivity contribution in [2.45, 2.75) is 26.1 Å². The molecule has 0 saturated heterocycles. The first kappa shape index (κ1) is 14.6. The van der Waals surface area contributed by atoms with Gasteiger partial charge in [0.25, 0.3) is 0 Å². The first-order valence-electron chi connectivity index (χ1n) is 6.82. The molecule has 20 heavy (non-hydrogen) atoms. The van der Waals surface area contributed by atoms with Crippen LogP contribution < -0.4 is 4.74 Å². The van der Waals surface area contributed by atoms with Crippen LogP contribution in [0.25, 0.3) is 0 Å². The second-order valence-electron chi connectivity index (χ2n) is 4.59. The Kier molecular flexibility index (Phi) is 5.59. The highest BCUT2D eigenvalue weighted by Crippen LogP contribution is 2.19. The normalized spacial score (nSPS) is 12.1. The van der Waals surface area contributed by atoms with E-state index < -0.39 is 6.10 Å². The Hall–Kier alpha value is -1.84. The molecule has 0 aliphatic carbocycles. The standard InChI is InChI=1S/C17H20O3/c1-2-17(18)15-8-10-16(11-9-15)20-13-19-12-14-6-4-3-5-7-14/h3-11,17-18H,2,12-13H2,1H3/t17-/m0/s1. The number of ether oxygens (including phenoxy) is 2. The molecule has 0 heterocycles. The van der Waals surface area contributed by atoms with Gasteiger partial charge in [-0.05, 0) is 29.7 Å². The number of hydrogen-bond donors (Lipinski definition) is 1. The van der Waals surface area contributed by atoms with Crippen molar-refractivity contribution in [2.24, 2.45) is 0 Å². The SMILES string of the molecule is CC[C@H](O)c1ccc(OCOCc2ccccc2)cc1. The van der Waals surface area contributed by atoms with Gasteiger partial charge in [0.1, 0.15) is 5.75 Å². The van der Waals surface area contributed by atoms with Gasteiger partial charge in [0.2, 0.25) is 0 Å². The molecule has 2 aromatic carbocycles. The zero-order valence-electron chi connectivity index (χ0n) is 11.7. The third kappa shape index (κ3) is 4.37. The van der Waals surface area contributed by atoms with E-state index in [1.54, 1.807) is 0 Å². The van der Waals surface area contributed by atoms with Crippen LogP contribution in [-0.2, 0) is 11.3 Å². The molecule has 0 aliphatic heterocycles. The van der Waals surface area contributed by atoms with Crippen LogP contribution >= 0.6 is 0 Å². The fraction of sp³-hybridized carbons (Fsp3) is 0.294. The lowest BCUT2D eigenvalue weighted by Crippen LogP contribution is -2.03. The van der Waals surface area contributed by atoms with Gasteiger partial charge in [0.05, 0.1) is 12.7 Å². The summed E-state index contributed by atoms with van der Waals surface area (Å²) in [4.78, 5) is 0. The van der Waals surface area contributed by atoms with Gasteiger partial charge in [-0.15, -0.1) is 0 Å². The van der Waals surface area contributed by atoms with Gasteiger partial charge in [-0.3, -0.25) is 0 Å². The summed E-state index contributed by atoms with van der Waals surface area (Å²) in [6.07, 6.45) is 0.304. The third-order valence-corrected chi connectivity index (χ3v) is 3.07. The van der Waals surface area contributed by atoms with Crippen molar-refractivity contribution in [1.82, 2.24) is 0 Å². The van der Waals surface area contributed by atoms with E-state index in [1.165, 1.54) is 0 Å². The van der Waals surface area contributed by atoms with E-state index in [4.69, 9.17) is 9.47 Å². The maximum absolute atomic E-state index is 9.69. The molecule has 0 radical (unpaired) electrons.